The number of piperidine rings is 1. The minimum Gasteiger partial charge on any atom is -0.383 e. The normalized spacial score (nSPS) is 17.1. The molecule has 1 aliphatic rings. The van der Waals surface area contributed by atoms with Crippen LogP contribution in [0.4, 0.5) is 0 Å². The molecule has 1 saturated heterocycles. The van der Waals surface area contributed by atoms with Gasteiger partial charge in [0.25, 0.3) is 0 Å². The molecule has 1 heterocycles. The molecule has 0 radical (unpaired) electrons. The average molecular weight is 340 g/mol. The van der Waals surface area contributed by atoms with E-state index >= 15 is 0 Å². The largest absolute Gasteiger partial charge is 0.383 e. The van der Waals surface area contributed by atoms with Crippen LogP contribution in [0, 0.1) is 5.92 Å². The Morgan fingerprint density at radius 3 is 2.52 bits per heavy atom. The van der Waals surface area contributed by atoms with Gasteiger partial charge in [-0.2, -0.15) is 0 Å². The van der Waals surface area contributed by atoms with E-state index in [1.165, 1.54) is 4.31 Å². The van der Waals surface area contributed by atoms with E-state index in [4.69, 9.17) is 4.74 Å². The summed E-state index contributed by atoms with van der Waals surface area (Å²) in [5.74, 6) is -0.115. The van der Waals surface area contributed by atoms with Gasteiger partial charge >= 0.3 is 0 Å². The summed E-state index contributed by atoms with van der Waals surface area (Å²) in [6.45, 7) is 1.77. The third-order valence-electron chi connectivity index (χ3n) is 4.02. The molecule has 1 amide bonds. The Balaban J connectivity index is 1.84. The van der Waals surface area contributed by atoms with Gasteiger partial charge in [-0.1, -0.05) is 30.3 Å². The fourth-order valence-electron chi connectivity index (χ4n) is 2.69. The van der Waals surface area contributed by atoms with Crippen LogP contribution < -0.4 is 5.32 Å². The van der Waals surface area contributed by atoms with Crippen LogP contribution in [0.25, 0.3) is 0 Å². The number of nitrogens with one attached hydrogen (secondary N) is 1. The van der Waals surface area contributed by atoms with Gasteiger partial charge < -0.3 is 10.1 Å². The van der Waals surface area contributed by atoms with Gasteiger partial charge in [0.05, 0.1) is 12.4 Å². The molecule has 1 aromatic carbocycles. The molecule has 0 spiro atoms. The van der Waals surface area contributed by atoms with Crippen molar-refractivity contribution in [1.82, 2.24) is 9.62 Å². The predicted molar refractivity (Wildman–Crippen MR) is 88.2 cm³/mol. The molecule has 2 rings (SSSR count). The third kappa shape index (κ3) is 5.30. The molecule has 128 valence electrons. The Morgan fingerprint density at radius 2 is 1.91 bits per heavy atom. The van der Waals surface area contributed by atoms with Gasteiger partial charge in [0.1, 0.15) is 0 Å². The molecule has 7 heteroatoms. The summed E-state index contributed by atoms with van der Waals surface area (Å²) in [6.07, 6.45) is 1.12. The maximum absolute atomic E-state index is 12.5. The van der Waals surface area contributed by atoms with Crippen molar-refractivity contribution in [2.45, 2.75) is 18.6 Å². The lowest BCUT2D eigenvalue weighted by molar-refractivity contribution is -0.126. The number of rotatable bonds is 7. The van der Waals surface area contributed by atoms with E-state index in [1.54, 1.807) is 7.11 Å². The van der Waals surface area contributed by atoms with E-state index in [2.05, 4.69) is 5.32 Å². The smallest absolute Gasteiger partial charge is 0.223 e. The van der Waals surface area contributed by atoms with Gasteiger partial charge in [-0.05, 0) is 18.4 Å². The molecule has 0 bridgehead atoms. The lowest BCUT2D eigenvalue weighted by atomic mass is 9.97. The number of hydrogen-bond donors (Lipinski definition) is 1. The zero-order valence-corrected chi connectivity index (χ0v) is 14.2. The number of carbonyl (C=O) groups excluding carboxylic acids is 1. The van der Waals surface area contributed by atoms with Crippen molar-refractivity contribution in [2.75, 3.05) is 33.4 Å². The summed E-state index contributed by atoms with van der Waals surface area (Å²) in [5, 5.41) is 2.81. The number of methoxy groups -OCH3 is 1. The average Bonchev–Trinajstić information content (AvgIpc) is 2.55. The van der Waals surface area contributed by atoms with E-state index in [9.17, 15) is 13.2 Å². The van der Waals surface area contributed by atoms with Gasteiger partial charge in [0.2, 0.25) is 15.9 Å². The Morgan fingerprint density at radius 1 is 1.26 bits per heavy atom. The molecule has 0 saturated carbocycles. The van der Waals surface area contributed by atoms with Gasteiger partial charge in [0.15, 0.2) is 0 Å². The first kappa shape index (κ1) is 17.9. The molecule has 1 fully saturated rings. The molecular formula is C16H24N2O4S. The van der Waals surface area contributed by atoms with Crippen LogP contribution in [0.3, 0.4) is 0 Å². The van der Waals surface area contributed by atoms with Crippen molar-refractivity contribution in [3.8, 4) is 0 Å². The van der Waals surface area contributed by atoms with E-state index in [0.717, 1.165) is 5.56 Å². The monoisotopic (exact) mass is 340 g/mol. The minimum absolute atomic E-state index is 0.0119. The molecule has 0 aromatic heterocycles. The van der Waals surface area contributed by atoms with Crippen LogP contribution in [0.2, 0.25) is 0 Å². The van der Waals surface area contributed by atoms with E-state index < -0.39 is 10.0 Å². The maximum atomic E-state index is 12.5. The highest BCUT2D eigenvalue weighted by atomic mass is 32.2. The third-order valence-corrected chi connectivity index (χ3v) is 5.87. The van der Waals surface area contributed by atoms with Crippen molar-refractivity contribution in [3.63, 3.8) is 0 Å². The molecule has 0 aliphatic carbocycles. The van der Waals surface area contributed by atoms with E-state index in [-0.39, 0.29) is 17.6 Å². The van der Waals surface area contributed by atoms with Crippen molar-refractivity contribution < 1.29 is 17.9 Å². The second kappa shape index (κ2) is 8.42. The topological polar surface area (TPSA) is 75.7 Å². The molecule has 1 aromatic rings. The standard InChI is InChI=1S/C16H24N2O4S/c1-22-12-9-17-16(19)15-7-10-18(11-8-15)23(20,21)13-14-5-3-2-4-6-14/h2-6,15H,7-13H2,1H3,(H,17,19). The van der Waals surface area contributed by atoms with Crippen molar-refractivity contribution in [1.29, 1.82) is 0 Å². The van der Waals surface area contributed by atoms with Gasteiger partial charge in [-0.3, -0.25) is 4.79 Å². The number of sulfonamides is 1. The van der Waals surface area contributed by atoms with Gasteiger partial charge in [0, 0.05) is 32.7 Å². The summed E-state index contributed by atoms with van der Waals surface area (Å²) in [7, 11) is -1.74. The zero-order chi connectivity index (χ0) is 16.7. The fourth-order valence-corrected chi connectivity index (χ4v) is 4.26. The molecule has 0 unspecified atom stereocenters. The molecule has 1 aliphatic heterocycles. The van der Waals surface area contributed by atoms with Crippen molar-refractivity contribution >= 4 is 15.9 Å². The fraction of sp³-hybridized carbons (Fsp3) is 0.562. The van der Waals surface area contributed by atoms with Crippen molar-refractivity contribution in [2.24, 2.45) is 5.92 Å². The second-order valence-electron chi connectivity index (χ2n) is 5.70. The Kier molecular flexibility index (Phi) is 6.56. The first-order chi connectivity index (χ1) is 11.0. The van der Waals surface area contributed by atoms with Gasteiger partial charge in [-0.15, -0.1) is 0 Å². The summed E-state index contributed by atoms with van der Waals surface area (Å²) in [5.41, 5.74) is 0.784. The van der Waals surface area contributed by atoms with Crippen LogP contribution in [0.15, 0.2) is 30.3 Å². The van der Waals surface area contributed by atoms with E-state index in [0.29, 0.717) is 39.1 Å². The van der Waals surface area contributed by atoms with E-state index in [1.807, 2.05) is 30.3 Å². The van der Waals surface area contributed by atoms with Crippen LogP contribution in [0.1, 0.15) is 18.4 Å². The first-order valence-electron chi connectivity index (χ1n) is 7.81. The molecule has 6 nitrogen and oxygen atoms in total. The number of nitrogens with zero attached hydrogens (tertiary/aromatic N) is 1. The number of ether oxygens (including phenoxy) is 1. The molecule has 0 atom stereocenters. The van der Waals surface area contributed by atoms with Crippen LogP contribution in [0.5, 0.6) is 0 Å². The lowest BCUT2D eigenvalue weighted by Gasteiger charge is -2.30. The second-order valence-corrected chi connectivity index (χ2v) is 7.67. The number of benzene rings is 1. The summed E-state index contributed by atoms with van der Waals surface area (Å²) < 4.78 is 31.3. The molecule has 23 heavy (non-hydrogen) atoms. The highest BCUT2D eigenvalue weighted by molar-refractivity contribution is 7.88. The van der Waals surface area contributed by atoms with Gasteiger partial charge in [-0.25, -0.2) is 12.7 Å². The van der Waals surface area contributed by atoms with Crippen LogP contribution in [-0.2, 0) is 25.3 Å². The highest BCUT2D eigenvalue weighted by Gasteiger charge is 2.30. The predicted octanol–water partition coefficient (Wildman–Crippen LogP) is 0.991. The number of hydrogen-bond acceptors (Lipinski definition) is 4. The molecular weight excluding hydrogens is 316 g/mol. The minimum atomic E-state index is -3.32. The van der Waals surface area contributed by atoms with Crippen molar-refractivity contribution in [3.05, 3.63) is 35.9 Å². The Labute approximate surface area is 137 Å². The Hall–Kier alpha value is -1.44. The highest BCUT2D eigenvalue weighted by Crippen LogP contribution is 2.21. The first-order valence-corrected chi connectivity index (χ1v) is 9.42. The van der Waals surface area contributed by atoms with Crippen LogP contribution in [-0.4, -0.2) is 52.0 Å². The quantitative estimate of drug-likeness (QED) is 0.751. The number of amides is 1. The lowest BCUT2D eigenvalue weighted by Crippen LogP contribution is -2.43. The maximum Gasteiger partial charge on any atom is 0.223 e. The summed E-state index contributed by atoms with van der Waals surface area (Å²) >= 11 is 0. The van der Waals surface area contributed by atoms with Crippen LogP contribution >= 0.6 is 0 Å². The SMILES string of the molecule is COCCNC(=O)C1CCN(S(=O)(=O)Cc2ccccc2)CC1. The number of carbonyl (C=O) groups is 1. The summed E-state index contributed by atoms with van der Waals surface area (Å²) in [6, 6.07) is 9.16. The molecule has 1 N–H and O–H groups in total. The Bertz CT molecular complexity index is 596. The zero-order valence-electron chi connectivity index (χ0n) is 13.4. The summed E-state index contributed by atoms with van der Waals surface area (Å²) in [4.78, 5) is 12.0.